The second kappa shape index (κ2) is 12.0. The molecule has 1 heterocycles. The number of guanidine groups is 1. The highest BCUT2D eigenvalue weighted by Gasteiger charge is 2.42. The normalized spacial score (nSPS) is 22.0. The molecule has 2 rings (SSSR count). The summed E-state index contributed by atoms with van der Waals surface area (Å²) in [7, 11) is 5.44. The molecule has 0 spiro atoms. The van der Waals surface area contributed by atoms with Crippen molar-refractivity contribution in [1.82, 2.24) is 15.5 Å². The van der Waals surface area contributed by atoms with Crippen LogP contribution in [0.2, 0.25) is 0 Å². The van der Waals surface area contributed by atoms with Gasteiger partial charge in [0.25, 0.3) is 0 Å². The number of hydrogen-bond acceptors (Lipinski definition) is 4. The molecule has 152 valence electrons. The largest absolute Gasteiger partial charge is 0.379 e. The minimum Gasteiger partial charge on any atom is -0.379 e. The van der Waals surface area contributed by atoms with E-state index in [2.05, 4.69) is 15.6 Å². The average molecular weight is 482 g/mol. The van der Waals surface area contributed by atoms with E-state index in [-0.39, 0.29) is 41.4 Å². The van der Waals surface area contributed by atoms with Crippen LogP contribution in [-0.2, 0) is 14.3 Å². The number of hydrogen-bond donors (Lipinski definition) is 2. The molecule has 1 amide bonds. The Morgan fingerprint density at radius 1 is 1.31 bits per heavy atom. The molecular weight excluding hydrogens is 447 g/mol. The molecule has 1 aliphatic heterocycles. The number of carbonyl (C=O) groups excluding carboxylic acids is 1. The fraction of sp³-hybridized carbons (Fsp3) is 0.889. The molecule has 1 aliphatic carbocycles. The number of rotatable bonds is 8. The van der Waals surface area contributed by atoms with E-state index in [1.807, 2.05) is 14.1 Å². The maximum absolute atomic E-state index is 12.6. The highest BCUT2D eigenvalue weighted by atomic mass is 127. The lowest BCUT2D eigenvalue weighted by Gasteiger charge is -2.31. The zero-order valence-electron chi connectivity index (χ0n) is 16.4. The molecule has 7 nitrogen and oxygen atoms in total. The van der Waals surface area contributed by atoms with Crippen LogP contribution < -0.4 is 10.6 Å². The van der Waals surface area contributed by atoms with Gasteiger partial charge in [-0.05, 0) is 25.7 Å². The molecule has 0 aromatic rings. The first kappa shape index (κ1) is 23.4. The molecule has 1 saturated carbocycles. The van der Waals surface area contributed by atoms with E-state index in [4.69, 9.17) is 9.47 Å². The van der Waals surface area contributed by atoms with Crippen LogP contribution in [0.25, 0.3) is 0 Å². The smallest absolute Gasteiger partial charge is 0.230 e. The van der Waals surface area contributed by atoms with Gasteiger partial charge in [0.05, 0.1) is 18.1 Å². The van der Waals surface area contributed by atoms with E-state index in [1.165, 1.54) is 0 Å². The summed E-state index contributed by atoms with van der Waals surface area (Å²) < 4.78 is 11.1. The molecule has 0 aromatic carbocycles. The first-order chi connectivity index (χ1) is 12.1. The number of nitrogens with one attached hydrogen (secondary N) is 2. The van der Waals surface area contributed by atoms with Gasteiger partial charge in [0.15, 0.2) is 5.96 Å². The first-order valence-electron chi connectivity index (χ1n) is 9.43. The van der Waals surface area contributed by atoms with E-state index < -0.39 is 0 Å². The molecule has 2 N–H and O–H groups in total. The maximum Gasteiger partial charge on any atom is 0.230 e. The summed E-state index contributed by atoms with van der Waals surface area (Å²) in [6.45, 7) is 3.69. The second-order valence-corrected chi connectivity index (χ2v) is 7.25. The quantitative estimate of drug-likeness (QED) is 0.238. The van der Waals surface area contributed by atoms with Crippen LogP contribution in [0, 0.1) is 5.41 Å². The van der Waals surface area contributed by atoms with Gasteiger partial charge < -0.3 is 25.0 Å². The molecule has 0 bridgehead atoms. The van der Waals surface area contributed by atoms with Gasteiger partial charge in [0.2, 0.25) is 5.91 Å². The number of halogens is 1. The number of nitrogens with zero attached hydrogens (tertiary/aromatic N) is 2. The van der Waals surface area contributed by atoms with Crippen molar-refractivity contribution in [2.75, 3.05) is 54.1 Å². The Kier molecular flexibility index (Phi) is 10.8. The topological polar surface area (TPSA) is 75.2 Å². The highest BCUT2D eigenvalue weighted by Crippen LogP contribution is 2.38. The van der Waals surface area contributed by atoms with E-state index in [0.717, 1.165) is 70.8 Å². The molecule has 8 heteroatoms. The zero-order valence-corrected chi connectivity index (χ0v) is 18.7. The standard InChI is InChI=1S/C18H34N4O3.HI/c1-19-17(20-10-6-11-25-15-7-12-24-13-15)21-14-18(8-4-5-9-18)16(23)22(2)3;/h15H,4-14H2,1-3H3,(H2,19,20,21);1H. The Labute approximate surface area is 174 Å². The van der Waals surface area contributed by atoms with Crippen LogP contribution in [0.4, 0.5) is 0 Å². The Balaban J connectivity index is 0.00000338. The van der Waals surface area contributed by atoms with Gasteiger partial charge in [-0.2, -0.15) is 0 Å². The van der Waals surface area contributed by atoms with Crippen molar-refractivity contribution in [2.45, 2.75) is 44.6 Å². The molecule has 0 radical (unpaired) electrons. The second-order valence-electron chi connectivity index (χ2n) is 7.25. The third-order valence-electron chi connectivity index (χ3n) is 5.09. The minimum atomic E-state index is -0.285. The van der Waals surface area contributed by atoms with Crippen LogP contribution in [0.1, 0.15) is 38.5 Å². The van der Waals surface area contributed by atoms with E-state index in [1.54, 1.807) is 11.9 Å². The summed E-state index contributed by atoms with van der Waals surface area (Å²) >= 11 is 0. The monoisotopic (exact) mass is 482 g/mol. The molecule has 26 heavy (non-hydrogen) atoms. The number of aliphatic imine (C=N–C) groups is 1. The number of ether oxygens (including phenoxy) is 2. The first-order valence-corrected chi connectivity index (χ1v) is 9.43. The molecule has 0 aromatic heterocycles. The van der Waals surface area contributed by atoms with E-state index in [9.17, 15) is 4.79 Å². The predicted molar refractivity (Wildman–Crippen MR) is 114 cm³/mol. The SMILES string of the molecule is CN=C(NCCCOC1CCOC1)NCC1(C(=O)N(C)C)CCCC1.I. The summed E-state index contributed by atoms with van der Waals surface area (Å²) in [6.07, 6.45) is 6.32. The van der Waals surface area contributed by atoms with Gasteiger partial charge in [-0.1, -0.05) is 12.8 Å². The Bertz CT molecular complexity index is 448. The summed E-state index contributed by atoms with van der Waals surface area (Å²) in [6, 6.07) is 0. The molecule has 1 unspecified atom stereocenters. The lowest BCUT2D eigenvalue weighted by atomic mass is 9.84. The Morgan fingerprint density at radius 3 is 2.62 bits per heavy atom. The zero-order chi connectivity index (χ0) is 18.1. The van der Waals surface area contributed by atoms with Crippen molar-refractivity contribution in [2.24, 2.45) is 10.4 Å². The van der Waals surface area contributed by atoms with E-state index in [0.29, 0.717) is 6.54 Å². The van der Waals surface area contributed by atoms with Gasteiger partial charge in [0.1, 0.15) is 0 Å². The van der Waals surface area contributed by atoms with Crippen LogP contribution in [-0.4, -0.2) is 76.9 Å². The summed E-state index contributed by atoms with van der Waals surface area (Å²) in [5.41, 5.74) is -0.285. The van der Waals surface area contributed by atoms with Crippen molar-refractivity contribution < 1.29 is 14.3 Å². The third kappa shape index (κ3) is 6.84. The summed E-state index contributed by atoms with van der Waals surface area (Å²) in [5, 5.41) is 6.66. The van der Waals surface area contributed by atoms with Crippen molar-refractivity contribution in [3.05, 3.63) is 0 Å². The van der Waals surface area contributed by atoms with Crippen LogP contribution in [0.15, 0.2) is 4.99 Å². The van der Waals surface area contributed by atoms with Crippen molar-refractivity contribution >= 4 is 35.8 Å². The molecule has 2 aliphatic rings. The van der Waals surface area contributed by atoms with Crippen LogP contribution >= 0.6 is 24.0 Å². The summed E-state index contributed by atoms with van der Waals surface area (Å²) in [4.78, 5) is 18.6. The molecular formula is C18H35IN4O3. The molecule has 1 atom stereocenters. The van der Waals surface area contributed by atoms with Crippen molar-refractivity contribution in [3.8, 4) is 0 Å². The fourth-order valence-electron chi connectivity index (χ4n) is 3.64. The third-order valence-corrected chi connectivity index (χ3v) is 5.09. The minimum absolute atomic E-state index is 0. The number of amides is 1. The fourth-order valence-corrected chi connectivity index (χ4v) is 3.64. The van der Waals surface area contributed by atoms with Crippen molar-refractivity contribution in [1.29, 1.82) is 0 Å². The summed E-state index contributed by atoms with van der Waals surface area (Å²) in [5.74, 6) is 0.974. The maximum atomic E-state index is 12.6. The Morgan fingerprint density at radius 2 is 2.04 bits per heavy atom. The van der Waals surface area contributed by atoms with Gasteiger partial charge in [-0.25, -0.2) is 0 Å². The van der Waals surface area contributed by atoms with Crippen LogP contribution in [0.3, 0.4) is 0 Å². The van der Waals surface area contributed by atoms with E-state index >= 15 is 0 Å². The van der Waals surface area contributed by atoms with Gasteiger partial charge in [0, 0.05) is 47.4 Å². The molecule has 1 saturated heterocycles. The predicted octanol–water partition coefficient (Wildman–Crippen LogP) is 1.61. The van der Waals surface area contributed by atoms with Gasteiger partial charge in [-0.3, -0.25) is 9.79 Å². The molecule has 2 fully saturated rings. The van der Waals surface area contributed by atoms with Crippen molar-refractivity contribution in [3.63, 3.8) is 0 Å². The lowest BCUT2D eigenvalue weighted by molar-refractivity contribution is -0.138. The average Bonchev–Trinajstić information content (AvgIpc) is 3.29. The Hall–Kier alpha value is -0.610. The van der Waals surface area contributed by atoms with Crippen LogP contribution in [0.5, 0.6) is 0 Å². The van der Waals surface area contributed by atoms with Gasteiger partial charge in [-0.15, -0.1) is 24.0 Å². The highest BCUT2D eigenvalue weighted by molar-refractivity contribution is 14.0. The number of carbonyl (C=O) groups is 1. The lowest BCUT2D eigenvalue weighted by Crippen LogP contribution is -2.49. The van der Waals surface area contributed by atoms with Gasteiger partial charge >= 0.3 is 0 Å².